The van der Waals surface area contributed by atoms with E-state index in [0.717, 1.165) is 24.1 Å². The first-order chi connectivity index (χ1) is 9.51. The van der Waals surface area contributed by atoms with Gasteiger partial charge in [0.1, 0.15) is 6.54 Å². The molecule has 1 saturated carbocycles. The summed E-state index contributed by atoms with van der Waals surface area (Å²) in [5, 5.41) is 3.35. The number of carbonyl (C=O) groups is 2. The van der Waals surface area contributed by atoms with Crippen molar-refractivity contribution in [3.8, 4) is 0 Å². The lowest BCUT2D eigenvalue weighted by Crippen LogP contribution is -2.44. The van der Waals surface area contributed by atoms with Crippen molar-refractivity contribution in [2.45, 2.75) is 46.1 Å². The van der Waals surface area contributed by atoms with Crippen LogP contribution in [0, 0.1) is 12.8 Å². The van der Waals surface area contributed by atoms with Gasteiger partial charge in [-0.1, -0.05) is 6.92 Å². The summed E-state index contributed by atoms with van der Waals surface area (Å²) in [6.07, 6.45) is 4.49. The summed E-state index contributed by atoms with van der Waals surface area (Å²) in [6.45, 7) is 6.07. The van der Waals surface area contributed by atoms with Crippen molar-refractivity contribution in [2.75, 3.05) is 11.9 Å². The predicted molar refractivity (Wildman–Crippen MR) is 79.7 cm³/mol. The van der Waals surface area contributed by atoms with Crippen molar-refractivity contribution < 1.29 is 9.59 Å². The average Bonchev–Trinajstić information content (AvgIpc) is 3.19. The Morgan fingerprint density at radius 3 is 2.75 bits per heavy atom. The topological polar surface area (TPSA) is 62.3 Å². The lowest BCUT2D eigenvalue weighted by Gasteiger charge is -2.28. The Morgan fingerprint density at radius 2 is 2.25 bits per heavy atom. The third-order valence-corrected chi connectivity index (χ3v) is 4.34. The fraction of sp³-hybridized carbons (Fsp3) is 0.643. The van der Waals surface area contributed by atoms with Gasteiger partial charge in [0, 0.05) is 23.0 Å². The lowest BCUT2D eigenvalue weighted by molar-refractivity contribution is -0.138. The molecule has 1 aliphatic rings. The number of thiazole rings is 1. The molecule has 0 bridgehead atoms. The smallest absolute Gasteiger partial charge is 0.245 e. The van der Waals surface area contributed by atoms with Gasteiger partial charge in [0.2, 0.25) is 11.8 Å². The Kier molecular flexibility index (Phi) is 4.75. The predicted octanol–water partition coefficient (Wildman–Crippen LogP) is 2.43. The van der Waals surface area contributed by atoms with Gasteiger partial charge in [-0.2, -0.15) is 0 Å². The molecule has 1 aliphatic carbocycles. The number of carbonyl (C=O) groups excluding carboxylic acids is 2. The van der Waals surface area contributed by atoms with Crippen LogP contribution in [0.1, 0.15) is 38.0 Å². The molecule has 0 aromatic carbocycles. The first kappa shape index (κ1) is 15.0. The molecule has 2 rings (SSSR count). The third kappa shape index (κ3) is 3.79. The van der Waals surface area contributed by atoms with E-state index < -0.39 is 0 Å². The van der Waals surface area contributed by atoms with E-state index in [1.165, 1.54) is 11.3 Å². The highest BCUT2D eigenvalue weighted by molar-refractivity contribution is 7.15. The van der Waals surface area contributed by atoms with Crippen molar-refractivity contribution in [1.29, 1.82) is 0 Å². The van der Waals surface area contributed by atoms with Crippen LogP contribution in [-0.4, -0.2) is 34.3 Å². The summed E-state index contributed by atoms with van der Waals surface area (Å²) >= 11 is 1.44. The van der Waals surface area contributed by atoms with E-state index >= 15 is 0 Å². The molecule has 1 unspecified atom stereocenters. The zero-order chi connectivity index (χ0) is 14.7. The molecule has 0 radical (unpaired) electrons. The minimum Gasteiger partial charge on any atom is -0.330 e. The van der Waals surface area contributed by atoms with E-state index in [0.29, 0.717) is 5.13 Å². The Morgan fingerprint density at radius 1 is 1.55 bits per heavy atom. The van der Waals surface area contributed by atoms with Gasteiger partial charge in [-0.3, -0.25) is 9.59 Å². The largest absolute Gasteiger partial charge is 0.330 e. The second kappa shape index (κ2) is 6.35. The highest BCUT2D eigenvalue weighted by Crippen LogP contribution is 2.31. The van der Waals surface area contributed by atoms with E-state index in [2.05, 4.69) is 10.3 Å². The fourth-order valence-corrected chi connectivity index (χ4v) is 2.64. The molecule has 20 heavy (non-hydrogen) atoms. The first-order valence-corrected chi connectivity index (χ1v) is 7.85. The highest BCUT2D eigenvalue weighted by atomic mass is 32.1. The molecule has 1 atom stereocenters. The molecule has 1 aromatic heterocycles. The molecular formula is C14H21N3O2S. The van der Waals surface area contributed by atoms with Gasteiger partial charge >= 0.3 is 0 Å². The number of amides is 2. The van der Waals surface area contributed by atoms with E-state index in [-0.39, 0.29) is 30.3 Å². The Bertz CT molecular complexity index is 496. The maximum Gasteiger partial charge on any atom is 0.245 e. The first-order valence-electron chi connectivity index (χ1n) is 7.04. The van der Waals surface area contributed by atoms with Crippen LogP contribution in [0.4, 0.5) is 5.13 Å². The van der Waals surface area contributed by atoms with E-state index in [1.54, 1.807) is 11.1 Å². The zero-order valence-corrected chi connectivity index (χ0v) is 13.0. The number of rotatable bonds is 6. The van der Waals surface area contributed by atoms with Crippen LogP contribution in [0.5, 0.6) is 0 Å². The lowest BCUT2D eigenvalue weighted by atomic mass is 10.2. The van der Waals surface area contributed by atoms with Crippen LogP contribution < -0.4 is 5.32 Å². The molecule has 1 fully saturated rings. The number of nitrogens with zero attached hydrogens (tertiary/aromatic N) is 2. The van der Waals surface area contributed by atoms with Gasteiger partial charge in [0.15, 0.2) is 5.13 Å². The van der Waals surface area contributed by atoms with Crippen LogP contribution in [-0.2, 0) is 9.59 Å². The van der Waals surface area contributed by atoms with Gasteiger partial charge < -0.3 is 10.2 Å². The molecule has 0 spiro atoms. The van der Waals surface area contributed by atoms with Crippen LogP contribution in [0.2, 0.25) is 0 Å². The van der Waals surface area contributed by atoms with Crippen molar-refractivity contribution >= 4 is 28.3 Å². The SMILES string of the molecule is CCC(C)N(CC(=O)Nc1ncc(C)s1)C(=O)C1CC1. The minimum absolute atomic E-state index is 0.0897. The molecule has 0 saturated heterocycles. The van der Waals surface area contributed by atoms with Gasteiger partial charge in [0.25, 0.3) is 0 Å². The van der Waals surface area contributed by atoms with E-state index in [9.17, 15) is 9.59 Å². The number of nitrogens with one attached hydrogen (secondary N) is 1. The standard InChI is InChI=1S/C14H21N3O2S/c1-4-9(2)17(13(19)11-5-6-11)8-12(18)16-14-15-7-10(3)20-14/h7,9,11H,4-6,8H2,1-3H3,(H,15,16,18). The summed E-state index contributed by atoms with van der Waals surface area (Å²) < 4.78 is 0. The van der Waals surface area contributed by atoms with Gasteiger partial charge in [-0.05, 0) is 33.1 Å². The van der Waals surface area contributed by atoms with E-state index in [1.807, 2.05) is 20.8 Å². The number of hydrogen-bond donors (Lipinski definition) is 1. The highest BCUT2D eigenvalue weighted by Gasteiger charge is 2.35. The Balaban J connectivity index is 1.95. The molecular weight excluding hydrogens is 274 g/mol. The number of hydrogen-bond acceptors (Lipinski definition) is 4. The molecule has 110 valence electrons. The van der Waals surface area contributed by atoms with Gasteiger partial charge in [0.05, 0.1) is 0 Å². The van der Waals surface area contributed by atoms with Gasteiger partial charge in [-0.25, -0.2) is 4.98 Å². The molecule has 6 heteroatoms. The molecule has 5 nitrogen and oxygen atoms in total. The van der Waals surface area contributed by atoms with Gasteiger partial charge in [-0.15, -0.1) is 11.3 Å². The van der Waals surface area contributed by atoms with Crippen LogP contribution >= 0.6 is 11.3 Å². The maximum absolute atomic E-state index is 12.2. The van der Waals surface area contributed by atoms with Crippen LogP contribution in [0.25, 0.3) is 0 Å². The number of aromatic nitrogens is 1. The summed E-state index contributed by atoms with van der Waals surface area (Å²) in [7, 11) is 0. The summed E-state index contributed by atoms with van der Waals surface area (Å²) in [4.78, 5) is 31.1. The zero-order valence-electron chi connectivity index (χ0n) is 12.2. The van der Waals surface area contributed by atoms with Crippen LogP contribution in [0.15, 0.2) is 6.20 Å². The summed E-state index contributed by atoms with van der Waals surface area (Å²) in [5.74, 6) is 0.0809. The maximum atomic E-state index is 12.2. The van der Waals surface area contributed by atoms with Crippen molar-refractivity contribution in [1.82, 2.24) is 9.88 Å². The Labute approximate surface area is 123 Å². The molecule has 1 heterocycles. The monoisotopic (exact) mass is 295 g/mol. The van der Waals surface area contributed by atoms with Crippen molar-refractivity contribution in [3.05, 3.63) is 11.1 Å². The summed E-state index contributed by atoms with van der Waals surface area (Å²) in [6, 6.07) is 0.0897. The average molecular weight is 295 g/mol. The minimum atomic E-state index is -0.173. The number of anilines is 1. The van der Waals surface area contributed by atoms with E-state index in [4.69, 9.17) is 0 Å². The van der Waals surface area contributed by atoms with Crippen LogP contribution in [0.3, 0.4) is 0 Å². The quantitative estimate of drug-likeness (QED) is 0.876. The second-order valence-electron chi connectivity index (χ2n) is 5.32. The third-order valence-electron chi connectivity index (χ3n) is 3.51. The van der Waals surface area contributed by atoms with Crippen molar-refractivity contribution in [3.63, 3.8) is 0 Å². The molecule has 1 aromatic rings. The fourth-order valence-electron chi connectivity index (χ4n) is 1.96. The Hall–Kier alpha value is -1.43. The normalized spacial score (nSPS) is 15.8. The molecule has 0 aliphatic heterocycles. The van der Waals surface area contributed by atoms with Crippen molar-refractivity contribution in [2.24, 2.45) is 5.92 Å². The molecule has 1 N–H and O–H groups in total. The molecule has 2 amide bonds. The summed E-state index contributed by atoms with van der Waals surface area (Å²) in [5.41, 5.74) is 0. The second-order valence-corrected chi connectivity index (χ2v) is 6.56. The number of aryl methyl sites for hydroxylation is 1.